The maximum Gasteiger partial charge on any atom is 0.294 e. The zero-order chi connectivity index (χ0) is 27.6. The molecule has 39 heavy (non-hydrogen) atoms. The van der Waals surface area contributed by atoms with Crippen LogP contribution in [0.15, 0.2) is 48.7 Å². The molecule has 1 aliphatic rings. The van der Waals surface area contributed by atoms with E-state index in [1.54, 1.807) is 4.31 Å². The average molecular weight is 584 g/mol. The van der Waals surface area contributed by atoms with Gasteiger partial charge >= 0.3 is 0 Å². The van der Waals surface area contributed by atoms with Crippen molar-refractivity contribution in [3.63, 3.8) is 0 Å². The Morgan fingerprint density at radius 2 is 1.95 bits per heavy atom. The Labute approximate surface area is 238 Å². The third-order valence-electron chi connectivity index (χ3n) is 7.15. The van der Waals surface area contributed by atoms with Crippen molar-refractivity contribution in [2.75, 3.05) is 26.0 Å². The van der Waals surface area contributed by atoms with Crippen LogP contribution in [0.25, 0.3) is 22.0 Å². The molecule has 2 N–H and O–H groups in total. The van der Waals surface area contributed by atoms with E-state index in [9.17, 15) is 8.42 Å². The summed E-state index contributed by atoms with van der Waals surface area (Å²) in [6.45, 7) is 3.76. The first-order chi connectivity index (χ1) is 18.7. The highest BCUT2D eigenvalue weighted by molar-refractivity contribution is 7.88. The minimum Gasteiger partial charge on any atom is -0.469 e. The van der Waals surface area contributed by atoms with Crippen LogP contribution in [0.5, 0.6) is 5.19 Å². The van der Waals surface area contributed by atoms with Gasteiger partial charge in [0, 0.05) is 53.8 Å². The van der Waals surface area contributed by atoms with Crippen LogP contribution in [0, 0.1) is 0 Å². The topological polar surface area (TPSA) is 103 Å². The van der Waals surface area contributed by atoms with Crippen LogP contribution in [0.1, 0.15) is 48.4 Å². The monoisotopic (exact) mass is 583 g/mol. The Morgan fingerprint density at radius 1 is 1.15 bits per heavy atom. The van der Waals surface area contributed by atoms with E-state index in [4.69, 9.17) is 22.7 Å². The van der Waals surface area contributed by atoms with Gasteiger partial charge in [-0.1, -0.05) is 60.8 Å². The zero-order valence-corrected chi connectivity index (χ0v) is 24.6. The average Bonchev–Trinajstić information content (AvgIpc) is 3.55. The van der Waals surface area contributed by atoms with Crippen LogP contribution in [-0.4, -0.2) is 58.4 Å². The van der Waals surface area contributed by atoms with E-state index in [-0.39, 0.29) is 6.04 Å². The number of aromatic nitrogens is 3. The number of nitrogens with zero attached hydrogens (tertiary/aromatic N) is 4. The van der Waals surface area contributed by atoms with Crippen molar-refractivity contribution in [2.24, 2.45) is 5.73 Å². The number of hydrogen-bond donors (Lipinski definition) is 1. The second kappa shape index (κ2) is 11.7. The van der Waals surface area contributed by atoms with Crippen LogP contribution in [0.3, 0.4) is 0 Å². The number of piperidine rings is 1. The molecule has 0 unspecified atom stereocenters. The van der Waals surface area contributed by atoms with Crippen molar-refractivity contribution in [1.29, 1.82) is 0 Å². The molecule has 2 aromatic carbocycles. The second-order valence-electron chi connectivity index (χ2n) is 9.95. The minimum absolute atomic E-state index is 0.203. The van der Waals surface area contributed by atoms with Crippen molar-refractivity contribution in [1.82, 2.24) is 19.1 Å². The smallest absolute Gasteiger partial charge is 0.294 e. The Hall–Kier alpha value is -2.86. The number of fused-ring (bicyclic) bond motifs is 1. The quantitative estimate of drug-likeness (QED) is 0.263. The number of aryl methyl sites for hydroxylation is 2. The first-order valence-electron chi connectivity index (χ1n) is 13.2. The number of ether oxygens (including phenoxy) is 1. The predicted octanol–water partition coefficient (Wildman–Crippen LogP) is 4.96. The normalized spacial score (nSPS) is 15.1. The number of rotatable bonds is 10. The van der Waals surface area contributed by atoms with Gasteiger partial charge < -0.3 is 15.0 Å². The van der Waals surface area contributed by atoms with E-state index in [0.29, 0.717) is 29.9 Å². The molecule has 8 nitrogen and oxygen atoms in total. The highest BCUT2D eigenvalue weighted by atomic mass is 32.2. The Balaban J connectivity index is 1.46. The van der Waals surface area contributed by atoms with Crippen LogP contribution < -0.4 is 10.5 Å². The van der Waals surface area contributed by atoms with Gasteiger partial charge in [0.2, 0.25) is 10.0 Å². The van der Waals surface area contributed by atoms with Crippen LogP contribution in [-0.2, 0) is 22.9 Å². The number of thiocarbonyl (C=S) groups is 1. The second-order valence-corrected chi connectivity index (χ2v) is 13.4. The maximum absolute atomic E-state index is 12.1. The molecule has 11 heteroatoms. The van der Waals surface area contributed by atoms with E-state index in [1.807, 2.05) is 18.2 Å². The fourth-order valence-corrected chi connectivity index (χ4v) is 6.83. The molecule has 1 aliphatic heterocycles. The lowest BCUT2D eigenvalue weighted by atomic mass is 10.0. The summed E-state index contributed by atoms with van der Waals surface area (Å²) in [5.74, 6) is 0. The Kier molecular flexibility index (Phi) is 8.32. The van der Waals surface area contributed by atoms with E-state index in [0.717, 1.165) is 64.7 Å². The SMILES string of the molecule is CCCOc1nnc(CCc2ccc3c(-c4cccc(C(N)=S)c4)cn(C4CCN(S(C)(=O)=O)CC4)c3c2)s1. The lowest BCUT2D eigenvalue weighted by Crippen LogP contribution is -2.38. The van der Waals surface area contributed by atoms with Crippen LogP contribution >= 0.6 is 23.6 Å². The van der Waals surface area contributed by atoms with E-state index in [1.165, 1.54) is 23.2 Å². The molecule has 0 saturated carbocycles. The molecule has 4 aromatic rings. The summed E-state index contributed by atoms with van der Waals surface area (Å²) in [5, 5.41) is 11.2. The number of hydrogen-bond acceptors (Lipinski definition) is 7. The van der Waals surface area contributed by atoms with Gasteiger partial charge in [-0.3, -0.25) is 0 Å². The first kappa shape index (κ1) is 27.7. The summed E-state index contributed by atoms with van der Waals surface area (Å²) >= 11 is 6.73. The van der Waals surface area contributed by atoms with Crippen molar-refractivity contribution < 1.29 is 13.2 Å². The number of sulfonamides is 1. The third kappa shape index (κ3) is 6.32. The summed E-state index contributed by atoms with van der Waals surface area (Å²) in [6.07, 6.45) is 7.58. The zero-order valence-electron chi connectivity index (χ0n) is 22.2. The molecule has 0 atom stereocenters. The van der Waals surface area contributed by atoms with Gasteiger partial charge in [0.1, 0.15) is 10.00 Å². The molecule has 206 valence electrons. The summed E-state index contributed by atoms with van der Waals surface area (Å²) in [4.78, 5) is 0.371. The van der Waals surface area contributed by atoms with Gasteiger partial charge in [0.05, 0.1) is 12.9 Å². The van der Waals surface area contributed by atoms with Gasteiger partial charge in [-0.05, 0) is 48.9 Å². The summed E-state index contributed by atoms with van der Waals surface area (Å²) in [6, 6.07) is 14.8. The Morgan fingerprint density at radius 3 is 2.67 bits per heavy atom. The summed E-state index contributed by atoms with van der Waals surface area (Å²) < 4.78 is 33.7. The standard InChI is InChI=1S/C28H33N5O3S3/c1-3-15-36-28-31-30-26(38-28)10-8-19-7-9-23-24(20-5-4-6-21(17-20)27(29)37)18-33(25(23)16-19)22-11-13-32(14-12-22)39(2,34)35/h4-7,9,16-18,22H,3,8,10-15H2,1-2H3,(H2,29,37). The van der Waals surface area contributed by atoms with Gasteiger partial charge in [0.25, 0.3) is 5.19 Å². The van der Waals surface area contributed by atoms with Crippen molar-refractivity contribution >= 4 is 49.5 Å². The lowest BCUT2D eigenvalue weighted by molar-refractivity contribution is 0.279. The molecular weight excluding hydrogens is 551 g/mol. The lowest BCUT2D eigenvalue weighted by Gasteiger charge is -2.31. The fraction of sp³-hybridized carbons (Fsp3) is 0.393. The van der Waals surface area contributed by atoms with Crippen molar-refractivity contribution in [3.05, 3.63) is 64.8 Å². The maximum atomic E-state index is 12.1. The number of benzene rings is 2. The van der Waals surface area contributed by atoms with Crippen LogP contribution in [0.2, 0.25) is 0 Å². The van der Waals surface area contributed by atoms with E-state index >= 15 is 0 Å². The van der Waals surface area contributed by atoms with E-state index < -0.39 is 10.0 Å². The highest BCUT2D eigenvalue weighted by Gasteiger charge is 2.27. The first-order valence-corrected chi connectivity index (χ1v) is 16.2. The molecule has 2 aromatic heterocycles. The predicted molar refractivity (Wildman–Crippen MR) is 161 cm³/mol. The molecule has 0 spiro atoms. The largest absolute Gasteiger partial charge is 0.469 e. The van der Waals surface area contributed by atoms with Gasteiger partial charge in [-0.25, -0.2) is 12.7 Å². The molecule has 1 saturated heterocycles. The molecule has 0 aliphatic carbocycles. The fourth-order valence-electron chi connectivity index (χ4n) is 5.11. The molecule has 0 bridgehead atoms. The molecule has 1 fully saturated rings. The minimum atomic E-state index is -3.19. The molecule has 0 amide bonds. The van der Waals surface area contributed by atoms with Crippen molar-refractivity contribution in [3.8, 4) is 16.3 Å². The van der Waals surface area contributed by atoms with Crippen molar-refractivity contribution in [2.45, 2.75) is 45.1 Å². The van der Waals surface area contributed by atoms with Crippen LogP contribution in [0.4, 0.5) is 0 Å². The van der Waals surface area contributed by atoms with Gasteiger partial charge in [-0.15, -0.1) is 10.2 Å². The number of nitrogens with two attached hydrogens (primary N) is 1. The Bertz CT molecular complexity index is 1590. The summed E-state index contributed by atoms with van der Waals surface area (Å²) in [5.41, 5.74) is 11.3. The highest BCUT2D eigenvalue weighted by Crippen LogP contribution is 2.37. The third-order valence-corrected chi connectivity index (χ3v) is 9.58. The molecular formula is C28H33N5O3S3. The molecule has 5 rings (SSSR count). The van der Waals surface area contributed by atoms with Gasteiger partial charge in [0.15, 0.2) is 0 Å². The van der Waals surface area contributed by atoms with Gasteiger partial charge in [-0.2, -0.15) is 0 Å². The molecule has 3 heterocycles. The molecule has 0 radical (unpaired) electrons. The van der Waals surface area contributed by atoms with E-state index in [2.05, 4.69) is 52.2 Å². The summed E-state index contributed by atoms with van der Waals surface area (Å²) in [7, 11) is -3.19.